The molecule has 1 saturated carbocycles. The predicted molar refractivity (Wildman–Crippen MR) is 77.6 cm³/mol. The monoisotopic (exact) mass is 288 g/mol. The van der Waals surface area contributed by atoms with Gasteiger partial charge in [-0.3, -0.25) is 19.8 Å². The van der Waals surface area contributed by atoms with Crippen molar-refractivity contribution in [2.24, 2.45) is 11.8 Å². The van der Waals surface area contributed by atoms with Crippen LogP contribution in [-0.4, -0.2) is 47.6 Å². The zero-order chi connectivity index (χ0) is 14.8. The van der Waals surface area contributed by atoms with Crippen LogP contribution < -0.4 is 5.32 Å². The Morgan fingerprint density at radius 1 is 1.19 bits per heavy atom. The smallest absolute Gasteiger partial charge is 0.257 e. The molecule has 3 rings (SSSR count). The number of nitrogens with one attached hydrogen (secondary N) is 1. The number of aliphatic hydroxyl groups is 1. The molecule has 3 unspecified atom stereocenters. The number of hydrogen-bond acceptors (Lipinski definition) is 4. The van der Waals surface area contributed by atoms with Crippen molar-refractivity contribution in [3.8, 4) is 0 Å². The first-order valence-electron chi connectivity index (χ1n) is 7.43. The number of carbonyl (C=O) groups excluding carboxylic acids is 2. The molecule has 0 bridgehead atoms. The third-order valence-electron chi connectivity index (χ3n) is 4.55. The van der Waals surface area contributed by atoms with Crippen molar-refractivity contribution in [2.45, 2.75) is 18.9 Å². The van der Waals surface area contributed by atoms with Crippen molar-refractivity contribution in [1.29, 1.82) is 0 Å². The van der Waals surface area contributed by atoms with Crippen LogP contribution in [0.1, 0.15) is 23.2 Å². The Bertz CT molecular complexity index is 532. The van der Waals surface area contributed by atoms with Gasteiger partial charge in [0.15, 0.2) is 0 Å². The van der Waals surface area contributed by atoms with Gasteiger partial charge in [0.2, 0.25) is 5.91 Å². The summed E-state index contributed by atoms with van der Waals surface area (Å²) in [7, 11) is 0. The Labute approximate surface area is 123 Å². The minimum absolute atomic E-state index is 0.221. The highest BCUT2D eigenvalue weighted by atomic mass is 16.3. The van der Waals surface area contributed by atoms with Crippen LogP contribution in [0.15, 0.2) is 30.3 Å². The molecule has 1 saturated heterocycles. The minimum atomic E-state index is -0.361. The van der Waals surface area contributed by atoms with Gasteiger partial charge in [-0.1, -0.05) is 18.2 Å². The van der Waals surface area contributed by atoms with E-state index in [1.165, 1.54) is 0 Å². The molecule has 0 aromatic heterocycles. The summed E-state index contributed by atoms with van der Waals surface area (Å²) in [6, 6.07) is 8.72. The fraction of sp³-hybridized carbons (Fsp3) is 0.500. The van der Waals surface area contributed by atoms with Crippen molar-refractivity contribution in [2.75, 3.05) is 19.6 Å². The van der Waals surface area contributed by atoms with Crippen LogP contribution in [0.2, 0.25) is 0 Å². The van der Waals surface area contributed by atoms with Crippen molar-refractivity contribution in [3.63, 3.8) is 0 Å². The summed E-state index contributed by atoms with van der Waals surface area (Å²) in [4.78, 5) is 25.9. The summed E-state index contributed by atoms with van der Waals surface area (Å²) in [6.07, 6.45) is 1.68. The molecule has 5 nitrogen and oxygen atoms in total. The lowest BCUT2D eigenvalue weighted by Crippen LogP contribution is -2.39. The van der Waals surface area contributed by atoms with Crippen molar-refractivity contribution in [1.82, 2.24) is 10.2 Å². The third-order valence-corrected chi connectivity index (χ3v) is 4.55. The van der Waals surface area contributed by atoms with E-state index in [2.05, 4.69) is 5.32 Å². The van der Waals surface area contributed by atoms with E-state index in [1.54, 1.807) is 24.3 Å². The maximum Gasteiger partial charge on any atom is 0.257 e. The molecule has 0 radical (unpaired) electrons. The van der Waals surface area contributed by atoms with Gasteiger partial charge in [0, 0.05) is 24.6 Å². The normalized spacial score (nSPS) is 28.3. The maximum atomic E-state index is 11.9. The molecule has 5 heteroatoms. The molecule has 1 aromatic rings. The minimum Gasteiger partial charge on any atom is -0.393 e. The first-order valence-corrected chi connectivity index (χ1v) is 7.43. The van der Waals surface area contributed by atoms with Crippen LogP contribution in [0.25, 0.3) is 0 Å². The number of hydrogen-bond donors (Lipinski definition) is 2. The van der Waals surface area contributed by atoms with Crippen molar-refractivity contribution >= 4 is 11.8 Å². The average Bonchev–Trinajstić information content (AvgIpc) is 3.02. The SMILES string of the molecule is O=C(CN1CC2CCC(O)C2C1)NC(=O)c1ccccc1. The Morgan fingerprint density at radius 3 is 2.67 bits per heavy atom. The Balaban J connectivity index is 1.50. The Kier molecular flexibility index (Phi) is 4.03. The van der Waals surface area contributed by atoms with Gasteiger partial charge in [0.1, 0.15) is 0 Å². The number of carbonyl (C=O) groups is 2. The van der Waals surface area contributed by atoms with Gasteiger partial charge in [-0.2, -0.15) is 0 Å². The second kappa shape index (κ2) is 5.95. The summed E-state index contributed by atoms with van der Waals surface area (Å²) in [5.74, 6) is 0.151. The molecular weight excluding hydrogens is 268 g/mol. The zero-order valence-electron chi connectivity index (χ0n) is 11.9. The average molecular weight is 288 g/mol. The highest BCUT2D eigenvalue weighted by Crippen LogP contribution is 2.37. The van der Waals surface area contributed by atoms with E-state index < -0.39 is 0 Å². The van der Waals surface area contributed by atoms with Crippen LogP contribution in [-0.2, 0) is 4.79 Å². The van der Waals surface area contributed by atoms with Crippen LogP contribution in [0.5, 0.6) is 0 Å². The molecular formula is C16H20N2O3. The van der Waals surface area contributed by atoms with Gasteiger partial charge in [-0.05, 0) is 30.9 Å². The fourth-order valence-electron chi connectivity index (χ4n) is 3.49. The molecule has 3 atom stereocenters. The lowest BCUT2D eigenvalue weighted by molar-refractivity contribution is -0.121. The van der Waals surface area contributed by atoms with E-state index in [1.807, 2.05) is 11.0 Å². The molecule has 0 spiro atoms. The molecule has 21 heavy (non-hydrogen) atoms. The van der Waals surface area contributed by atoms with Crippen LogP contribution in [0.3, 0.4) is 0 Å². The summed E-state index contributed by atoms with van der Waals surface area (Å²) < 4.78 is 0. The highest BCUT2D eigenvalue weighted by Gasteiger charge is 2.42. The first kappa shape index (κ1) is 14.2. The largest absolute Gasteiger partial charge is 0.393 e. The van der Waals surface area contributed by atoms with Crippen molar-refractivity contribution in [3.05, 3.63) is 35.9 Å². The van der Waals surface area contributed by atoms with Gasteiger partial charge in [-0.15, -0.1) is 0 Å². The summed E-state index contributed by atoms with van der Waals surface area (Å²) in [5.41, 5.74) is 0.486. The van der Waals surface area contributed by atoms with Gasteiger partial charge in [-0.25, -0.2) is 0 Å². The van der Waals surface area contributed by atoms with Crippen LogP contribution >= 0.6 is 0 Å². The second-order valence-corrected chi connectivity index (χ2v) is 6.01. The molecule has 112 valence electrons. The van der Waals surface area contributed by atoms with E-state index in [4.69, 9.17) is 0 Å². The van der Waals surface area contributed by atoms with E-state index in [0.29, 0.717) is 17.4 Å². The van der Waals surface area contributed by atoms with Gasteiger partial charge in [0.25, 0.3) is 5.91 Å². The van der Waals surface area contributed by atoms with Gasteiger partial charge < -0.3 is 5.11 Å². The van der Waals surface area contributed by atoms with E-state index >= 15 is 0 Å². The molecule has 1 heterocycles. The lowest BCUT2D eigenvalue weighted by atomic mass is 10.00. The molecule has 1 aliphatic carbocycles. The molecule has 1 aliphatic heterocycles. The molecule has 2 fully saturated rings. The summed E-state index contributed by atoms with van der Waals surface area (Å²) in [6.45, 7) is 1.81. The number of rotatable bonds is 3. The number of imide groups is 1. The molecule has 2 aliphatic rings. The molecule has 2 amide bonds. The number of likely N-dealkylation sites (tertiary alicyclic amines) is 1. The van der Waals surface area contributed by atoms with Gasteiger partial charge in [0.05, 0.1) is 12.6 Å². The Morgan fingerprint density at radius 2 is 1.95 bits per heavy atom. The predicted octanol–water partition coefficient (Wildman–Crippen LogP) is 0.646. The summed E-state index contributed by atoms with van der Waals surface area (Å²) >= 11 is 0. The van der Waals surface area contributed by atoms with Crippen LogP contribution in [0.4, 0.5) is 0 Å². The topological polar surface area (TPSA) is 69.6 Å². The van der Waals surface area contributed by atoms with E-state index in [0.717, 1.165) is 25.9 Å². The maximum absolute atomic E-state index is 11.9. The second-order valence-electron chi connectivity index (χ2n) is 6.01. The highest BCUT2D eigenvalue weighted by molar-refractivity contribution is 6.05. The number of fused-ring (bicyclic) bond motifs is 1. The fourth-order valence-corrected chi connectivity index (χ4v) is 3.49. The van der Waals surface area contributed by atoms with E-state index in [-0.39, 0.29) is 24.5 Å². The molecule has 1 aromatic carbocycles. The Hall–Kier alpha value is -1.72. The number of nitrogens with zero attached hydrogens (tertiary/aromatic N) is 1. The van der Waals surface area contributed by atoms with Crippen LogP contribution in [0, 0.1) is 11.8 Å². The number of benzene rings is 1. The lowest BCUT2D eigenvalue weighted by Gasteiger charge is -2.17. The quantitative estimate of drug-likeness (QED) is 0.856. The number of amides is 2. The molecule has 2 N–H and O–H groups in total. The first-order chi connectivity index (χ1) is 10.1. The third kappa shape index (κ3) is 3.14. The zero-order valence-corrected chi connectivity index (χ0v) is 11.9. The summed E-state index contributed by atoms with van der Waals surface area (Å²) in [5, 5.41) is 12.3. The van der Waals surface area contributed by atoms with Crippen molar-refractivity contribution < 1.29 is 14.7 Å². The van der Waals surface area contributed by atoms with Gasteiger partial charge >= 0.3 is 0 Å². The number of aliphatic hydroxyl groups excluding tert-OH is 1. The standard InChI is InChI=1S/C16H20N2O3/c19-14-7-6-12-8-18(9-13(12)14)10-15(20)17-16(21)11-4-2-1-3-5-11/h1-5,12-14,19H,6-10H2,(H,17,20,21). The van der Waals surface area contributed by atoms with E-state index in [9.17, 15) is 14.7 Å².